The summed E-state index contributed by atoms with van der Waals surface area (Å²) in [7, 11) is 0. The van der Waals surface area contributed by atoms with E-state index in [9.17, 15) is 4.79 Å². The van der Waals surface area contributed by atoms with E-state index < -0.39 is 0 Å². The molecular weight excluding hydrogens is 332 g/mol. The van der Waals surface area contributed by atoms with Crippen molar-refractivity contribution in [2.45, 2.75) is 70.1 Å². The number of piperidine rings is 1. The van der Waals surface area contributed by atoms with E-state index in [1.807, 2.05) is 0 Å². The number of hydrogen-bond acceptors (Lipinski definition) is 4. The predicted molar refractivity (Wildman–Crippen MR) is 101 cm³/mol. The Kier molecular flexibility index (Phi) is 5.44. The second-order valence-corrected chi connectivity index (χ2v) is 8.84. The molecule has 1 aliphatic heterocycles. The molecule has 0 radical (unpaired) electrons. The summed E-state index contributed by atoms with van der Waals surface area (Å²) in [5.74, 6) is 0.192. The number of carbonyl (C=O) groups excluding carboxylic acids is 1. The van der Waals surface area contributed by atoms with Gasteiger partial charge in [-0.15, -0.1) is 0 Å². The molecule has 2 heterocycles. The Labute approximate surface area is 154 Å². The zero-order valence-electron chi connectivity index (χ0n) is 15.0. The van der Waals surface area contributed by atoms with Crippen LogP contribution in [0.5, 0.6) is 0 Å². The fraction of sp³-hybridized carbons (Fsp3) is 0.750. The van der Waals surface area contributed by atoms with Crippen LogP contribution in [0.2, 0.25) is 0 Å². The van der Waals surface area contributed by atoms with E-state index in [0.717, 1.165) is 32.5 Å². The molecule has 1 atom stereocenters. The molecule has 1 amide bonds. The molecule has 1 aromatic rings. The first-order valence-corrected chi connectivity index (χ1v) is 10.8. The smallest absolute Gasteiger partial charge is 0.249 e. The van der Waals surface area contributed by atoms with Crippen LogP contribution < -0.4 is 5.32 Å². The molecule has 1 aromatic heterocycles. The molecule has 5 heteroatoms. The molecule has 1 N–H and O–H groups in total. The lowest BCUT2D eigenvalue weighted by atomic mass is 9.93. The van der Waals surface area contributed by atoms with Gasteiger partial charge in [0.05, 0.1) is 6.10 Å². The highest BCUT2D eigenvalue weighted by molar-refractivity contribution is 7.07. The topological polar surface area (TPSA) is 41.6 Å². The Morgan fingerprint density at radius 2 is 2.08 bits per heavy atom. The summed E-state index contributed by atoms with van der Waals surface area (Å²) in [5.41, 5.74) is 1.63. The predicted octanol–water partition coefficient (Wildman–Crippen LogP) is 3.57. The highest BCUT2D eigenvalue weighted by atomic mass is 32.1. The Balaban J connectivity index is 1.39. The monoisotopic (exact) mass is 362 g/mol. The summed E-state index contributed by atoms with van der Waals surface area (Å²) in [6.07, 6.45) is 9.93. The first-order valence-electron chi connectivity index (χ1n) is 9.90. The van der Waals surface area contributed by atoms with E-state index in [1.54, 1.807) is 11.3 Å². The number of nitrogens with one attached hydrogen (secondary N) is 1. The lowest BCUT2D eigenvalue weighted by Crippen LogP contribution is -2.41. The van der Waals surface area contributed by atoms with Crippen molar-refractivity contribution in [3.8, 4) is 0 Å². The molecular formula is C20H30N2O2S. The van der Waals surface area contributed by atoms with Crippen molar-refractivity contribution in [3.05, 3.63) is 22.4 Å². The molecule has 2 aliphatic carbocycles. The molecule has 4 rings (SSSR count). The summed E-state index contributed by atoms with van der Waals surface area (Å²) in [6, 6.07) is 2.56. The lowest BCUT2D eigenvalue weighted by Gasteiger charge is -2.30. The molecule has 0 bridgehead atoms. The van der Waals surface area contributed by atoms with Gasteiger partial charge in [-0.05, 0) is 73.0 Å². The van der Waals surface area contributed by atoms with Crippen molar-refractivity contribution in [1.82, 2.24) is 10.2 Å². The fourth-order valence-corrected chi connectivity index (χ4v) is 5.34. The summed E-state index contributed by atoms with van der Waals surface area (Å²) >= 11 is 1.71. The summed E-state index contributed by atoms with van der Waals surface area (Å²) < 4.78 is 6.00. The lowest BCUT2D eigenvalue weighted by molar-refractivity contribution is -0.140. The summed E-state index contributed by atoms with van der Waals surface area (Å²) in [5, 5.41) is 7.72. The van der Waals surface area contributed by atoms with Gasteiger partial charge in [0.2, 0.25) is 5.91 Å². The second-order valence-electron chi connectivity index (χ2n) is 8.06. The normalized spacial score (nSPS) is 25.8. The van der Waals surface area contributed by atoms with Crippen LogP contribution in [0.3, 0.4) is 0 Å². The summed E-state index contributed by atoms with van der Waals surface area (Å²) in [6.45, 7) is 3.20. The van der Waals surface area contributed by atoms with Crippen LogP contribution in [-0.4, -0.2) is 42.6 Å². The minimum Gasteiger partial charge on any atom is -0.368 e. The van der Waals surface area contributed by atoms with Gasteiger partial charge in [-0.1, -0.05) is 19.3 Å². The van der Waals surface area contributed by atoms with Gasteiger partial charge in [0.15, 0.2) is 0 Å². The molecule has 138 valence electrons. The van der Waals surface area contributed by atoms with Crippen LogP contribution in [0.25, 0.3) is 0 Å². The van der Waals surface area contributed by atoms with E-state index in [1.165, 1.54) is 44.1 Å². The van der Waals surface area contributed by atoms with E-state index in [2.05, 4.69) is 27.0 Å². The number of thiophene rings is 1. The SMILES string of the molecule is O=C(COC1CCCCC1)N(Cc1ccsc1)C1CC12CCNCC2. The van der Waals surface area contributed by atoms with Crippen LogP contribution >= 0.6 is 11.3 Å². The third-order valence-electron chi connectivity index (χ3n) is 6.37. The van der Waals surface area contributed by atoms with E-state index in [-0.39, 0.29) is 12.5 Å². The number of hydrogen-bond donors (Lipinski definition) is 1. The maximum Gasteiger partial charge on any atom is 0.249 e. The number of amides is 1. The first kappa shape index (κ1) is 17.5. The molecule has 1 spiro atoms. The molecule has 3 aliphatic rings. The molecule has 0 aromatic carbocycles. The average Bonchev–Trinajstić information content (AvgIpc) is 3.08. The zero-order valence-corrected chi connectivity index (χ0v) is 15.9. The van der Waals surface area contributed by atoms with Gasteiger partial charge in [-0.3, -0.25) is 4.79 Å². The van der Waals surface area contributed by atoms with E-state index >= 15 is 0 Å². The van der Waals surface area contributed by atoms with Gasteiger partial charge in [0, 0.05) is 12.6 Å². The van der Waals surface area contributed by atoms with E-state index in [4.69, 9.17) is 4.74 Å². The van der Waals surface area contributed by atoms with Crippen LogP contribution in [0.1, 0.15) is 56.9 Å². The molecule has 4 nitrogen and oxygen atoms in total. The second kappa shape index (κ2) is 7.77. The maximum atomic E-state index is 13.0. The van der Waals surface area contributed by atoms with Gasteiger partial charge in [0.25, 0.3) is 0 Å². The van der Waals surface area contributed by atoms with Crippen LogP contribution in [0, 0.1) is 5.41 Å². The average molecular weight is 363 g/mol. The van der Waals surface area contributed by atoms with Crippen molar-refractivity contribution in [2.24, 2.45) is 5.41 Å². The molecule has 25 heavy (non-hydrogen) atoms. The highest BCUT2D eigenvalue weighted by Gasteiger charge is 2.57. The van der Waals surface area contributed by atoms with Gasteiger partial charge < -0.3 is 15.0 Å². The van der Waals surface area contributed by atoms with Crippen molar-refractivity contribution in [1.29, 1.82) is 0 Å². The third kappa shape index (κ3) is 4.09. The van der Waals surface area contributed by atoms with Crippen LogP contribution in [0.15, 0.2) is 16.8 Å². The highest BCUT2D eigenvalue weighted by Crippen LogP contribution is 2.56. The number of ether oxygens (including phenoxy) is 1. The zero-order chi connectivity index (χ0) is 17.1. The molecule has 2 saturated carbocycles. The van der Waals surface area contributed by atoms with E-state index in [0.29, 0.717) is 17.6 Å². The number of nitrogens with zero attached hydrogens (tertiary/aromatic N) is 1. The Morgan fingerprint density at radius 1 is 1.28 bits per heavy atom. The fourth-order valence-electron chi connectivity index (χ4n) is 4.68. The standard InChI is InChI=1S/C20H30N2O2S/c23-19(14-24-17-4-2-1-3-5-17)22(13-16-6-11-25-15-16)18-12-20(18)7-9-21-10-8-20/h6,11,15,17-18,21H,1-5,7-10,12-14H2. The van der Waals surface area contributed by atoms with Crippen LogP contribution in [-0.2, 0) is 16.1 Å². The molecule has 1 saturated heterocycles. The van der Waals surface area contributed by atoms with Crippen molar-refractivity contribution in [2.75, 3.05) is 19.7 Å². The van der Waals surface area contributed by atoms with Gasteiger partial charge in [-0.25, -0.2) is 0 Å². The van der Waals surface area contributed by atoms with Crippen molar-refractivity contribution < 1.29 is 9.53 Å². The quantitative estimate of drug-likeness (QED) is 0.841. The molecule has 3 fully saturated rings. The largest absolute Gasteiger partial charge is 0.368 e. The Morgan fingerprint density at radius 3 is 2.80 bits per heavy atom. The minimum atomic E-state index is 0.192. The van der Waals surface area contributed by atoms with Crippen molar-refractivity contribution in [3.63, 3.8) is 0 Å². The first-order chi connectivity index (χ1) is 12.3. The number of rotatable bonds is 6. The maximum absolute atomic E-state index is 13.0. The minimum absolute atomic E-state index is 0.192. The summed E-state index contributed by atoms with van der Waals surface area (Å²) in [4.78, 5) is 15.1. The Hall–Kier alpha value is -0.910. The van der Waals surface area contributed by atoms with Gasteiger partial charge >= 0.3 is 0 Å². The van der Waals surface area contributed by atoms with Gasteiger partial charge in [-0.2, -0.15) is 11.3 Å². The van der Waals surface area contributed by atoms with Crippen LogP contribution in [0.4, 0.5) is 0 Å². The molecule has 1 unspecified atom stereocenters. The van der Waals surface area contributed by atoms with Gasteiger partial charge in [0.1, 0.15) is 6.61 Å². The Bertz CT molecular complexity index is 562. The third-order valence-corrected chi connectivity index (χ3v) is 7.10. The van der Waals surface area contributed by atoms with Crippen molar-refractivity contribution >= 4 is 17.2 Å². The number of carbonyl (C=O) groups is 1.